The van der Waals surface area contributed by atoms with Crippen LogP contribution in [0.25, 0.3) is 0 Å². The third kappa shape index (κ3) is 2.79. The van der Waals surface area contributed by atoms with Gasteiger partial charge < -0.3 is 10.1 Å². The van der Waals surface area contributed by atoms with Crippen molar-refractivity contribution in [3.8, 4) is 11.8 Å². The van der Waals surface area contributed by atoms with E-state index in [-0.39, 0.29) is 5.82 Å². The molecule has 0 radical (unpaired) electrons. The summed E-state index contributed by atoms with van der Waals surface area (Å²) in [5.74, 6) is 0.274. The van der Waals surface area contributed by atoms with Gasteiger partial charge in [-0.05, 0) is 18.2 Å². The number of hydrogen-bond donors (Lipinski definition) is 1. The predicted octanol–water partition coefficient (Wildman–Crippen LogP) is 3.38. The molecule has 0 amide bonds. The summed E-state index contributed by atoms with van der Waals surface area (Å²) < 4.78 is 18.5. The topological polar surface area (TPSA) is 45.0 Å². The lowest BCUT2D eigenvalue weighted by Crippen LogP contribution is -2.00. The van der Waals surface area contributed by atoms with E-state index in [4.69, 9.17) is 10.00 Å². The van der Waals surface area contributed by atoms with Crippen molar-refractivity contribution in [2.75, 3.05) is 12.4 Å². The van der Waals surface area contributed by atoms with Crippen molar-refractivity contribution in [1.29, 1.82) is 5.26 Å². The van der Waals surface area contributed by atoms with Gasteiger partial charge in [-0.15, -0.1) is 11.3 Å². The summed E-state index contributed by atoms with van der Waals surface area (Å²) in [4.78, 5) is 0.980. The van der Waals surface area contributed by atoms with E-state index in [2.05, 4.69) is 11.4 Å². The zero-order chi connectivity index (χ0) is 13.0. The Bertz CT molecular complexity index is 589. The Kier molecular flexibility index (Phi) is 3.80. The van der Waals surface area contributed by atoms with Gasteiger partial charge in [0.2, 0.25) is 0 Å². The van der Waals surface area contributed by atoms with Gasteiger partial charge in [0, 0.05) is 22.9 Å². The van der Waals surface area contributed by atoms with E-state index in [0.29, 0.717) is 23.5 Å². The van der Waals surface area contributed by atoms with Crippen molar-refractivity contribution in [2.24, 2.45) is 0 Å². The van der Waals surface area contributed by atoms with Crippen LogP contribution in [-0.2, 0) is 6.54 Å². The smallest absolute Gasteiger partial charge is 0.146 e. The average Bonchev–Trinajstić information content (AvgIpc) is 2.86. The molecule has 1 heterocycles. The summed E-state index contributed by atoms with van der Waals surface area (Å²) in [6.07, 6.45) is 0. The third-order valence-electron chi connectivity index (χ3n) is 2.41. The molecule has 0 unspecified atom stereocenters. The largest absolute Gasteiger partial charge is 0.497 e. The lowest BCUT2D eigenvalue weighted by Gasteiger charge is -2.08. The Balaban J connectivity index is 2.08. The number of rotatable bonds is 4. The second kappa shape index (κ2) is 5.52. The second-order valence-corrected chi connectivity index (χ2v) is 4.61. The van der Waals surface area contributed by atoms with Crippen molar-refractivity contribution in [2.45, 2.75) is 6.54 Å². The van der Waals surface area contributed by atoms with Gasteiger partial charge in [0.05, 0.1) is 18.4 Å². The molecule has 1 aromatic heterocycles. The molecule has 0 aliphatic rings. The lowest BCUT2D eigenvalue weighted by atomic mass is 10.2. The molecule has 0 saturated carbocycles. The van der Waals surface area contributed by atoms with Crippen LogP contribution in [0.5, 0.6) is 5.75 Å². The number of anilines is 1. The van der Waals surface area contributed by atoms with Gasteiger partial charge >= 0.3 is 0 Å². The van der Waals surface area contributed by atoms with Crippen LogP contribution >= 0.6 is 11.3 Å². The van der Waals surface area contributed by atoms with Crippen LogP contribution in [0.1, 0.15) is 10.4 Å². The highest BCUT2D eigenvalue weighted by atomic mass is 32.1. The van der Waals surface area contributed by atoms with Crippen LogP contribution in [0.15, 0.2) is 29.6 Å². The standard InChI is InChI=1S/C13H11FN2OS/c1-17-10-2-3-12(14)13(5-10)16-7-11-4-9(6-15)8-18-11/h2-5,8,16H,7H2,1H3. The van der Waals surface area contributed by atoms with Crippen LogP contribution in [0, 0.1) is 17.1 Å². The molecular formula is C13H11FN2OS. The third-order valence-corrected chi connectivity index (χ3v) is 3.35. The first-order chi connectivity index (χ1) is 8.72. The minimum absolute atomic E-state index is 0.326. The molecule has 0 fully saturated rings. The number of thiophene rings is 1. The van der Waals surface area contributed by atoms with Crippen molar-refractivity contribution >= 4 is 17.0 Å². The minimum atomic E-state index is -0.326. The fourth-order valence-electron chi connectivity index (χ4n) is 1.48. The number of nitrogens with zero attached hydrogens (tertiary/aromatic N) is 1. The van der Waals surface area contributed by atoms with Crippen LogP contribution < -0.4 is 10.1 Å². The molecule has 0 spiro atoms. The molecule has 2 aromatic rings. The van der Waals surface area contributed by atoms with E-state index in [1.165, 1.54) is 24.5 Å². The Labute approximate surface area is 108 Å². The Morgan fingerprint density at radius 1 is 1.44 bits per heavy atom. The van der Waals surface area contributed by atoms with E-state index < -0.39 is 0 Å². The fourth-order valence-corrected chi connectivity index (χ4v) is 2.23. The maximum atomic E-state index is 13.5. The molecule has 1 N–H and O–H groups in total. The number of nitriles is 1. The van der Waals surface area contributed by atoms with Crippen molar-refractivity contribution in [3.05, 3.63) is 45.9 Å². The quantitative estimate of drug-likeness (QED) is 0.918. The zero-order valence-electron chi connectivity index (χ0n) is 9.74. The van der Waals surface area contributed by atoms with Crippen LogP contribution in [0.2, 0.25) is 0 Å². The summed E-state index contributed by atoms with van der Waals surface area (Å²) in [5.41, 5.74) is 1.02. The van der Waals surface area contributed by atoms with Crippen molar-refractivity contribution in [1.82, 2.24) is 0 Å². The number of benzene rings is 1. The molecule has 0 aliphatic heterocycles. The molecule has 3 nitrogen and oxygen atoms in total. The molecule has 0 bridgehead atoms. The number of hydrogen-bond acceptors (Lipinski definition) is 4. The molecule has 1 aromatic carbocycles. The molecular weight excluding hydrogens is 251 g/mol. The van der Waals surface area contributed by atoms with Gasteiger partial charge in [-0.1, -0.05) is 0 Å². The highest BCUT2D eigenvalue weighted by molar-refractivity contribution is 7.10. The first kappa shape index (κ1) is 12.4. The van der Waals surface area contributed by atoms with E-state index >= 15 is 0 Å². The molecule has 92 valence electrons. The summed E-state index contributed by atoms with van der Waals surface area (Å²) in [6.45, 7) is 0.483. The van der Waals surface area contributed by atoms with Gasteiger partial charge in [-0.2, -0.15) is 5.26 Å². The van der Waals surface area contributed by atoms with Gasteiger partial charge in [0.1, 0.15) is 17.6 Å². The Morgan fingerprint density at radius 2 is 2.28 bits per heavy atom. The van der Waals surface area contributed by atoms with E-state index in [1.54, 1.807) is 23.6 Å². The molecule has 0 aliphatic carbocycles. The number of ether oxygens (including phenoxy) is 1. The Hall–Kier alpha value is -2.06. The first-order valence-electron chi connectivity index (χ1n) is 5.28. The second-order valence-electron chi connectivity index (χ2n) is 3.61. The summed E-state index contributed by atoms with van der Waals surface area (Å²) in [5, 5.41) is 13.5. The molecule has 0 saturated heterocycles. The Morgan fingerprint density at radius 3 is 2.94 bits per heavy atom. The maximum absolute atomic E-state index is 13.5. The highest BCUT2D eigenvalue weighted by Crippen LogP contribution is 2.22. The van der Waals surface area contributed by atoms with Crippen LogP contribution in [0.3, 0.4) is 0 Å². The van der Waals surface area contributed by atoms with Gasteiger partial charge in [-0.25, -0.2) is 4.39 Å². The van der Waals surface area contributed by atoms with Crippen LogP contribution in [0.4, 0.5) is 10.1 Å². The van der Waals surface area contributed by atoms with E-state index in [0.717, 1.165) is 4.88 Å². The lowest BCUT2D eigenvalue weighted by molar-refractivity contribution is 0.414. The number of methoxy groups -OCH3 is 1. The number of nitrogens with one attached hydrogen (secondary N) is 1. The molecule has 2 rings (SSSR count). The predicted molar refractivity (Wildman–Crippen MR) is 69.3 cm³/mol. The summed E-state index contributed by atoms with van der Waals surface area (Å²) in [7, 11) is 1.54. The minimum Gasteiger partial charge on any atom is -0.497 e. The number of halogens is 1. The normalized spacial score (nSPS) is 9.83. The summed E-state index contributed by atoms with van der Waals surface area (Å²) >= 11 is 1.47. The molecule has 18 heavy (non-hydrogen) atoms. The van der Waals surface area contributed by atoms with Gasteiger partial charge in [0.15, 0.2) is 0 Å². The van der Waals surface area contributed by atoms with E-state index in [1.807, 2.05) is 0 Å². The zero-order valence-corrected chi connectivity index (χ0v) is 10.6. The van der Waals surface area contributed by atoms with Gasteiger partial charge in [-0.3, -0.25) is 0 Å². The van der Waals surface area contributed by atoms with Crippen molar-refractivity contribution < 1.29 is 9.13 Å². The van der Waals surface area contributed by atoms with Crippen LogP contribution in [-0.4, -0.2) is 7.11 Å². The van der Waals surface area contributed by atoms with Crippen molar-refractivity contribution in [3.63, 3.8) is 0 Å². The monoisotopic (exact) mass is 262 g/mol. The fraction of sp³-hybridized carbons (Fsp3) is 0.154. The average molecular weight is 262 g/mol. The highest BCUT2D eigenvalue weighted by Gasteiger charge is 2.05. The van der Waals surface area contributed by atoms with E-state index in [9.17, 15) is 4.39 Å². The SMILES string of the molecule is COc1ccc(F)c(NCc2cc(C#N)cs2)c1. The molecule has 5 heteroatoms. The summed E-state index contributed by atoms with van der Waals surface area (Å²) in [6, 6.07) is 8.38. The molecule has 0 atom stereocenters. The van der Waals surface area contributed by atoms with Gasteiger partial charge in [0.25, 0.3) is 0 Å². The maximum Gasteiger partial charge on any atom is 0.146 e. The first-order valence-corrected chi connectivity index (χ1v) is 6.16.